The quantitative estimate of drug-likeness (QED) is 0.786. The number of rotatable bonds is 3. The van der Waals surface area contributed by atoms with E-state index in [1.807, 2.05) is 13.8 Å². The summed E-state index contributed by atoms with van der Waals surface area (Å²) < 4.78 is 39.2. The highest BCUT2D eigenvalue weighted by atomic mass is 19.4. The number of nitrogens with zero attached hydrogens (tertiary/aromatic N) is 4. The van der Waals surface area contributed by atoms with E-state index >= 15 is 0 Å². The van der Waals surface area contributed by atoms with Crippen molar-refractivity contribution in [1.29, 1.82) is 0 Å². The van der Waals surface area contributed by atoms with Gasteiger partial charge in [-0.15, -0.1) is 15.3 Å². The minimum Gasteiger partial charge on any atom is -0.368 e. The number of hydrazine groups is 1. The molecule has 0 saturated carbocycles. The van der Waals surface area contributed by atoms with Crippen LogP contribution in [0.15, 0.2) is 12.1 Å². The monoisotopic (exact) mass is 315 g/mol. The maximum Gasteiger partial charge on any atom is 0.453 e. The Morgan fingerprint density at radius 1 is 1.18 bits per heavy atom. The summed E-state index contributed by atoms with van der Waals surface area (Å²) in [6, 6.07) is 3.56. The molecule has 1 aliphatic rings. The largest absolute Gasteiger partial charge is 0.453 e. The van der Waals surface area contributed by atoms with Crippen molar-refractivity contribution < 1.29 is 13.2 Å². The second-order valence-corrected chi connectivity index (χ2v) is 5.42. The molecule has 1 saturated heterocycles. The predicted octanol–water partition coefficient (Wildman–Crippen LogP) is 1.06. The first kappa shape index (κ1) is 15.0. The van der Waals surface area contributed by atoms with Gasteiger partial charge < -0.3 is 5.32 Å². The van der Waals surface area contributed by atoms with E-state index in [4.69, 9.17) is 0 Å². The zero-order valence-electron chi connectivity index (χ0n) is 12.0. The molecule has 0 spiro atoms. The first-order chi connectivity index (χ1) is 10.4. The van der Waals surface area contributed by atoms with Crippen LogP contribution in [-0.4, -0.2) is 38.4 Å². The number of hydrogen-bond acceptors (Lipinski definition) is 6. The SMILES string of the molecule is CC1NNC(C)C1CNc1ccc2nnc(C(F)(F)F)n2n1. The average Bonchev–Trinajstić information content (AvgIpc) is 3.00. The summed E-state index contributed by atoms with van der Waals surface area (Å²) in [5.41, 5.74) is 6.31. The summed E-state index contributed by atoms with van der Waals surface area (Å²) in [5, 5.41) is 13.6. The summed E-state index contributed by atoms with van der Waals surface area (Å²) in [7, 11) is 0. The summed E-state index contributed by atoms with van der Waals surface area (Å²) in [6.45, 7) is 4.67. The zero-order valence-corrected chi connectivity index (χ0v) is 12.0. The Balaban J connectivity index is 1.80. The molecule has 0 aliphatic carbocycles. The molecule has 3 heterocycles. The van der Waals surface area contributed by atoms with Gasteiger partial charge in [0.1, 0.15) is 5.82 Å². The Kier molecular flexibility index (Phi) is 3.65. The third-order valence-electron chi connectivity index (χ3n) is 3.86. The van der Waals surface area contributed by atoms with Gasteiger partial charge in [-0.1, -0.05) is 0 Å². The Hall–Kier alpha value is -1.94. The van der Waals surface area contributed by atoms with Crippen LogP contribution >= 0.6 is 0 Å². The summed E-state index contributed by atoms with van der Waals surface area (Å²) in [6.07, 6.45) is -4.59. The van der Waals surface area contributed by atoms with Crippen LogP contribution in [0.5, 0.6) is 0 Å². The predicted molar refractivity (Wildman–Crippen MR) is 73.0 cm³/mol. The molecule has 2 aromatic heterocycles. The van der Waals surface area contributed by atoms with Crippen molar-refractivity contribution in [2.75, 3.05) is 11.9 Å². The second kappa shape index (κ2) is 5.36. The highest BCUT2D eigenvalue weighted by molar-refractivity contribution is 5.44. The summed E-state index contributed by atoms with van der Waals surface area (Å²) >= 11 is 0. The molecule has 1 aliphatic heterocycles. The van der Waals surface area contributed by atoms with Crippen molar-refractivity contribution in [3.8, 4) is 0 Å². The van der Waals surface area contributed by atoms with Crippen molar-refractivity contribution in [1.82, 2.24) is 30.7 Å². The van der Waals surface area contributed by atoms with E-state index in [-0.39, 0.29) is 17.7 Å². The van der Waals surface area contributed by atoms with Crippen LogP contribution in [0, 0.1) is 5.92 Å². The molecule has 0 aromatic carbocycles. The molecule has 3 N–H and O–H groups in total. The van der Waals surface area contributed by atoms with E-state index in [1.165, 1.54) is 6.07 Å². The van der Waals surface area contributed by atoms with E-state index in [2.05, 4.69) is 31.5 Å². The topological polar surface area (TPSA) is 79.2 Å². The molecule has 2 unspecified atom stereocenters. The van der Waals surface area contributed by atoms with Crippen molar-refractivity contribution in [2.45, 2.75) is 32.1 Å². The van der Waals surface area contributed by atoms with Gasteiger partial charge in [0.15, 0.2) is 5.65 Å². The number of nitrogens with one attached hydrogen (secondary N) is 3. The molecule has 1 fully saturated rings. The van der Waals surface area contributed by atoms with Gasteiger partial charge in [-0.25, -0.2) is 0 Å². The van der Waals surface area contributed by atoms with Crippen LogP contribution in [-0.2, 0) is 6.18 Å². The van der Waals surface area contributed by atoms with E-state index < -0.39 is 12.0 Å². The number of hydrogen-bond donors (Lipinski definition) is 3. The normalized spacial score (nSPS) is 25.8. The van der Waals surface area contributed by atoms with Crippen LogP contribution in [0.1, 0.15) is 19.7 Å². The van der Waals surface area contributed by atoms with Gasteiger partial charge in [-0.05, 0) is 26.0 Å². The Morgan fingerprint density at radius 2 is 1.86 bits per heavy atom. The lowest BCUT2D eigenvalue weighted by atomic mass is 9.97. The lowest BCUT2D eigenvalue weighted by Crippen LogP contribution is -2.30. The van der Waals surface area contributed by atoms with Crippen molar-refractivity contribution in [2.24, 2.45) is 5.92 Å². The number of aromatic nitrogens is 4. The van der Waals surface area contributed by atoms with Crippen LogP contribution in [0.3, 0.4) is 0 Å². The molecule has 2 aromatic rings. The molecule has 0 amide bonds. The third-order valence-corrected chi connectivity index (χ3v) is 3.86. The summed E-state index contributed by atoms with van der Waals surface area (Å²) in [5.74, 6) is -0.485. The third kappa shape index (κ3) is 2.71. The Bertz CT molecular complexity index is 658. The van der Waals surface area contributed by atoms with Gasteiger partial charge in [0.05, 0.1) is 0 Å². The summed E-state index contributed by atoms with van der Waals surface area (Å²) in [4.78, 5) is 0. The fraction of sp³-hybridized carbons (Fsp3) is 0.583. The van der Waals surface area contributed by atoms with Crippen molar-refractivity contribution in [3.05, 3.63) is 18.0 Å². The van der Waals surface area contributed by atoms with Gasteiger partial charge in [-0.3, -0.25) is 10.9 Å². The van der Waals surface area contributed by atoms with Crippen LogP contribution in [0.2, 0.25) is 0 Å². The van der Waals surface area contributed by atoms with Crippen LogP contribution < -0.4 is 16.2 Å². The first-order valence-corrected chi connectivity index (χ1v) is 6.91. The van der Waals surface area contributed by atoms with E-state index in [9.17, 15) is 13.2 Å². The first-order valence-electron chi connectivity index (χ1n) is 6.91. The number of halogens is 3. The van der Waals surface area contributed by atoms with Crippen LogP contribution in [0.4, 0.5) is 19.0 Å². The average molecular weight is 315 g/mol. The van der Waals surface area contributed by atoms with Gasteiger partial charge in [0, 0.05) is 24.5 Å². The van der Waals surface area contributed by atoms with Gasteiger partial charge in [-0.2, -0.15) is 17.7 Å². The number of alkyl halides is 3. The van der Waals surface area contributed by atoms with Crippen molar-refractivity contribution in [3.63, 3.8) is 0 Å². The molecule has 0 radical (unpaired) electrons. The minimum absolute atomic E-state index is 0.0591. The second-order valence-electron chi connectivity index (χ2n) is 5.42. The lowest BCUT2D eigenvalue weighted by molar-refractivity contribution is -0.146. The molecular weight excluding hydrogens is 299 g/mol. The lowest BCUT2D eigenvalue weighted by Gasteiger charge is -2.18. The Labute approximate surface area is 124 Å². The minimum atomic E-state index is -4.59. The van der Waals surface area contributed by atoms with E-state index in [0.29, 0.717) is 22.8 Å². The standard InChI is InChI=1S/C12H16F3N7/c1-6-8(7(2)18-17-6)5-16-9-3-4-10-19-20-11(12(13,14)15)22(10)21-9/h3-4,6-8,17-18H,5H2,1-2H3,(H,16,21). The maximum absolute atomic E-state index is 12.8. The van der Waals surface area contributed by atoms with Crippen LogP contribution in [0.25, 0.3) is 5.65 Å². The van der Waals surface area contributed by atoms with E-state index in [1.54, 1.807) is 6.07 Å². The molecule has 2 atom stereocenters. The Morgan fingerprint density at radius 3 is 2.50 bits per heavy atom. The fourth-order valence-electron chi connectivity index (χ4n) is 2.55. The molecule has 0 bridgehead atoms. The molecule has 120 valence electrons. The highest BCUT2D eigenvalue weighted by Gasteiger charge is 2.37. The van der Waals surface area contributed by atoms with Gasteiger partial charge in [0.2, 0.25) is 0 Å². The molecule has 3 rings (SSSR count). The van der Waals surface area contributed by atoms with Crippen molar-refractivity contribution >= 4 is 11.5 Å². The molecule has 7 nitrogen and oxygen atoms in total. The smallest absolute Gasteiger partial charge is 0.368 e. The molecule has 22 heavy (non-hydrogen) atoms. The highest BCUT2D eigenvalue weighted by Crippen LogP contribution is 2.27. The maximum atomic E-state index is 12.8. The fourth-order valence-corrected chi connectivity index (χ4v) is 2.55. The van der Waals surface area contributed by atoms with Gasteiger partial charge >= 0.3 is 6.18 Å². The molecule has 10 heteroatoms. The number of fused-ring (bicyclic) bond motifs is 1. The van der Waals surface area contributed by atoms with Gasteiger partial charge in [0.25, 0.3) is 5.82 Å². The number of anilines is 1. The molecular formula is C12H16F3N7. The zero-order chi connectivity index (χ0) is 15.9. The van der Waals surface area contributed by atoms with E-state index in [0.717, 1.165) is 0 Å².